The standard InChI is InChI=1S/C8H18.C7H14/c1-7(2)6-8(3,4)5;1-6(2)7-4-3-5-7/h7H,6H2,1-5H3;6-7H,3-5H2,1-2H3. The molecule has 0 aromatic carbocycles. The van der Waals surface area contributed by atoms with E-state index in [2.05, 4.69) is 48.5 Å². The summed E-state index contributed by atoms with van der Waals surface area (Å²) in [6.07, 6.45) is 5.81. The molecule has 0 unspecified atom stereocenters. The Hall–Kier alpha value is 0. The smallest absolute Gasteiger partial charge is 0.0380 e. The lowest BCUT2D eigenvalue weighted by Gasteiger charge is -2.28. The third-order valence-corrected chi connectivity index (χ3v) is 3.11. The maximum atomic E-state index is 2.32. The predicted octanol–water partition coefficient (Wildman–Crippen LogP) is 5.52. The first-order chi connectivity index (χ1) is 6.72. The summed E-state index contributed by atoms with van der Waals surface area (Å²) in [7, 11) is 0. The van der Waals surface area contributed by atoms with Crippen LogP contribution < -0.4 is 0 Å². The summed E-state index contributed by atoms with van der Waals surface area (Å²) < 4.78 is 0. The summed E-state index contributed by atoms with van der Waals surface area (Å²) in [5.41, 5.74) is 0.522. The lowest BCUT2D eigenvalue weighted by Crippen LogP contribution is -2.16. The van der Waals surface area contributed by atoms with Gasteiger partial charge in [0.1, 0.15) is 0 Å². The summed E-state index contributed by atoms with van der Waals surface area (Å²) in [4.78, 5) is 0. The summed E-state index contributed by atoms with van der Waals surface area (Å²) in [6.45, 7) is 16.0. The second kappa shape index (κ2) is 6.55. The topological polar surface area (TPSA) is 0 Å². The van der Waals surface area contributed by atoms with E-state index in [1.165, 1.54) is 25.7 Å². The zero-order valence-corrected chi connectivity index (χ0v) is 12.1. The fraction of sp³-hybridized carbons (Fsp3) is 1.00. The second-order valence-corrected chi connectivity index (χ2v) is 7.09. The van der Waals surface area contributed by atoms with E-state index in [0.717, 1.165) is 17.8 Å². The van der Waals surface area contributed by atoms with Gasteiger partial charge in [0.25, 0.3) is 0 Å². The molecule has 0 atom stereocenters. The van der Waals surface area contributed by atoms with Gasteiger partial charge < -0.3 is 0 Å². The minimum absolute atomic E-state index is 0.522. The molecule has 0 aromatic rings. The third-order valence-electron chi connectivity index (χ3n) is 3.11. The van der Waals surface area contributed by atoms with Crippen molar-refractivity contribution in [3.05, 3.63) is 0 Å². The fourth-order valence-corrected chi connectivity index (χ4v) is 2.33. The van der Waals surface area contributed by atoms with Crippen molar-refractivity contribution in [3.8, 4) is 0 Å². The Morgan fingerprint density at radius 1 is 1.00 bits per heavy atom. The zero-order valence-electron chi connectivity index (χ0n) is 12.1. The molecule has 0 aliphatic heterocycles. The van der Waals surface area contributed by atoms with Crippen molar-refractivity contribution in [1.29, 1.82) is 0 Å². The zero-order chi connectivity index (χ0) is 12.1. The van der Waals surface area contributed by atoms with Gasteiger partial charge in [0, 0.05) is 0 Å². The molecule has 0 heteroatoms. The van der Waals surface area contributed by atoms with E-state index in [-0.39, 0.29) is 0 Å². The van der Waals surface area contributed by atoms with Crippen molar-refractivity contribution < 1.29 is 0 Å². The lowest BCUT2D eigenvalue weighted by atomic mass is 9.78. The maximum Gasteiger partial charge on any atom is -0.0380 e. The van der Waals surface area contributed by atoms with Crippen LogP contribution in [-0.4, -0.2) is 0 Å². The van der Waals surface area contributed by atoms with Crippen molar-refractivity contribution >= 4 is 0 Å². The van der Waals surface area contributed by atoms with Crippen LogP contribution in [0.2, 0.25) is 0 Å². The van der Waals surface area contributed by atoms with E-state index in [0.29, 0.717) is 5.41 Å². The van der Waals surface area contributed by atoms with Gasteiger partial charge in [0.15, 0.2) is 0 Å². The van der Waals surface area contributed by atoms with Crippen LogP contribution in [-0.2, 0) is 0 Å². The molecule has 15 heavy (non-hydrogen) atoms. The molecule has 0 nitrogen and oxygen atoms in total. The molecule has 1 aliphatic rings. The second-order valence-electron chi connectivity index (χ2n) is 7.09. The van der Waals surface area contributed by atoms with Crippen LogP contribution in [0.25, 0.3) is 0 Å². The average Bonchev–Trinajstić information content (AvgIpc) is 1.73. The van der Waals surface area contributed by atoms with Crippen LogP contribution in [0.3, 0.4) is 0 Å². The minimum atomic E-state index is 0.522. The van der Waals surface area contributed by atoms with Gasteiger partial charge in [-0.25, -0.2) is 0 Å². The molecule has 0 N–H and O–H groups in total. The Bertz CT molecular complexity index is 144. The van der Waals surface area contributed by atoms with Gasteiger partial charge >= 0.3 is 0 Å². The van der Waals surface area contributed by atoms with Gasteiger partial charge in [-0.2, -0.15) is 0 Å². The quantitative estimate of drug-likeness (QED) is 0.565. The summed E-state index contributed by atoms with van der Waals surface area (Å²) in [5.74, 6) is 2.88. The molecule has 0 bridgehead atoms. The molecular weight excluding hydrogens is 180 g/mol. The van der Waals surface area contributed by atoms with Gasteiger partial charge in [0.2, 0.25) is 0 Å². The van der Waals surface area contributed by atoms with Crippen molar-refractivity contribution in [2.24, 2.45) is 23.2 Å². The Morgan fingerprint density at radius 2 is 1.47 bits per heavy atom. The number of hydrogen-bond acceptors (Lipinski definition) is 0. The highest BCUT2D eigenvalue weighted by atomic mass is 14.3. The highest BCUT2D eigenvalue weighted by molar-refractivity contribution is 4.71. The molecule has 0 amide bonds. The van der Waals surface area contributed by atoms with Gasteiger partial charge in [0.05, 0.1) is 0 Å². The minimum Gasteiger partial charge on any atom is -0.0628 e. The molecule has 1 saturated carbocycles. The Labute approximate surface area is 97.8 Å². The molecule has 1 rings (SSSR count). The third kappa shape index (κ3) is 8.96. The fourth-order valence-electron chi connectivity index (χ4n) is 2.33. The summed E-state index contributed by atoms with van der Waals surface area (Å²) >= 11 is 0. The van der Waals surface area contributed by atoms with Gasteiger partial charge in [-0.15, -0.1) is 0 Å². The first-order valence-corrected chi connectivity index (χ1v) is 6.72. The van der Waals surface area contributed by atoms with E-state index >= 15 is 0 Å². The van der Waals surface area contributed by atoms with Gasteiger partial charge in [-0.05, 0) is 29.6 Å². The molecule has 92 valence electrons. The first-order valence-electron chi connectivity index (χ1n) is 6.72. The SMILES string of the molecule is CC(C)C1CCC1.CC(C)CC(C)(C)C. The Balaban J connectivity index is 0.000000262. The van der Waals surface area contributed by atoms with Gasteiger partial charge in [-0.1, -0.05) is 67.7 Å². The first kappa shape index (κ1) is 15.0. The van der Waals surface area contributed by atoms with Crippen LogP contribution >= 0.6 is 0 Å². The molecule has 1 fully saturated rings. The van der Waals surface area contributed by atoms with Gasteiger partial charge in [-0.3, -0.25) is 0 Å². The molecule has 0 spiro atoms. The number of hydrogen-bond donors (Lipinski definition) is 0. The average molecular weight is 212 g/mol. The van der Waals surface area contributed by atoms with Crippen LogP contribution in [0.5, 0.6) is 0 Å². The van der Waals surface area contributed by atoms with E-state index in [4.69, 9.17) is 0 Å². The van der Waals surface area contributed by atoms with Crippen LogP contribution in [0.15, 0.2) is 0 Å². The molecular formula is C15H32. The molecule has 0 radical (unpaired) electrons. The summed E-state index contributed by atoms with van der Waals surface area (Å²) in [6, 6.07) is 0. The Kier molecular flexibility index (Phi) is 6.55. The normalized spacial score (nSPS) is 17.4. The maximum absolute atomic E-state index is 2.32. The summed E-state index contributed by atoms with van der Waals surface area (Å²) in [5, 5.41) is 0. The van der Waals surface area contributed by atoms with Crippen molar-refractivity contribution in [2.75, 3.05) is 0 Å². The highest BCUT2D eigenvalue weighted by Crippen LogP contribution is 2.32. The number of rotatable bonds is 2. The van der Waals surface area contributed by atoms with E-state index in [1.54, 1.807) is 0 Å². The molecule has 1 aliphatic carbocycles. The van der Waals surface area contributed by atoms with Crippen molar-refractivity contribution in [1.82, 2.24) is 0 Å². The van der Waals surface area contributed by atoms with Crippen molar-refractivity contribution in [3.63, 3.8) is 0 Å². The van der Waals surface area contributed by atoms with E-state index in [9.17, 15) is 0 Å². The molecule has 0 aromatic heterocycles. The Morgan fingerprint density at radius 3 is 1.47 bits per heavy atom. The largest absolute Gasteiger partial charge is 0.0628 e. The van der Waals surface area contributed by atoms with Crippen LogP contribution in [0.4, 0.5) is 0 Å². The monoisotopic (exact) mass is 212 g/mol. The lowest BCUT2D eigenvalue weighted by molar-refractivity contribution is 0.235. The molecule has 0 saturated heterocycles. The van der Waals surface area contributed by atoms with E-state index in [1.807, 2.05) is 0 Å². The van der Waals surface area contributed by atoms with Crippen molar-refractivity contribution in [2.45, 2.75) is 74.1 Å². The van der Waals surface area contributed by atoms with Crippen LogP contribution in [0.1, 0.15) is 74.1 Å². The highest BCUT2D eigenvalue weighted by Gasteiger charge is 2.19. The predicted molar refractivity (Wildman–Crippen MR) is 71.1 cm³/mol. The molecule has 0 heterocycles. The van der Waals surface area contributed by atoms with Crippen LogP contribution in [0, 0.1) is 23.2 Å². The van der Waals surface area contributed by atoms with E-state index < -0.39 is 0 Å².